The topological polar surface area (TPSA) is 0 Å². The van der Waals surface area contributed by atoms with E-state index in [1.807, 2.05) is 19.1 Å². The van der Waals surface area contributed by atoms with Gasteiger partial charge in [-0.05, 0) is 85.8 Å². The second kappa shape index (κ2) is 10.4. The van der Waals surface area contributed by atoms with Crippen LogP contribution in [0.5, 0.6) is 0 Å². The highest BCUT2D eigenvalue weighted by molar-refractivity contribution is 5.28. The largest absolute Gasteiger partial charge is 0.207 e. The molecule has 1 fully saturated rings. The Kier molecular flexibility index (Phi) is 7.97. The molecular formula is C26H39F. The molecule has 0 aliphatic heterocycles. The van der Waals surface area contributed by atoms with Gasteiger partial charge in [0.15, 0.2) is 0 Å². The molecule has 0 heterocycles. The number of unbranched alkanes of at least 4 members (excludes halogenated alkanes) is 1. The number of rotatable bonds is 8. The molecule has 1 heteroatoms. The summed E-state index contributed by atoms with van der Waals surface area (Å²) in [6, 6.07) is 6.17. The van der Waals surface area contributed by atoms with E-state index in [0.717, 1.165) is 29.7 Å². The number of aryl methyl sites for hydroxylation is 1. The first kappa shape index (κ1) is 20.6. The normalized spacial score (nSPS) is 26.9. The van der Waals surface area contributed by atoms with E-state index in [1.165, 1.54) is 76.2 Å². The van der Waals surface area contributed by atoms with Crippen LogP contribution in [-0.4, -0.2) is 0 Å². The average molecular weight is 371 g/mol. The van der Waals surface area contributed by atoms with Crippen LogP contribution in [-0.2, 0) is 6.42 Å². The van der Waals surface area contributed by atoms with Crippen LogP contribution in [0.25, 0.3) is 0 Å². The third kappa shape index (κ3) is 5.69. The summed E-state index contributed by atoms with van der Waals surface area (Å²) in [5.41, 5.74) is 2.14. The third-order valence-electron chi connectivity index (χ3n) is 7.28. The Labute approximate surface area is 166 Å². The molecule has 0 amide bonds. The van der Waals surface area contributed by atoms with Crippen molar-refractivity contribution in [2.24, 2.45) is 17.8 Å². The van der Waals surface area contributed by atoms with Crippen LogP contribution in [0.2, 0.25) is 0 Å². The van der Waals surface area contributed by atoms with Crippen molar-refractivity contribution in [3.63, 3.8) is 0 Å². The number of hydrogen-bond acceptors (Lipinski definition) is 0. The first-order valence-corrected chi connectivity index (χ1v) is 11.6. The average Bonchev–Trinajstić information content (AvgIpc) is 2.72. The lowest BCUT2D eigenvalue weighted by molar-refractivity contribution is 0.210. The Morgan fingerprint density at radius 3 is 2.44 bits per heavy atom. The Morgan fingerprint density at radius 2 is 1.81 bits per heavy atom. The molecule has 27 heavy (non-hydrogen) atoms. The van der Waals surface area contributed by atoms with Crippen molar-refractivity contribution in [3.05, 3.63) is 47.3 Å². The van der Waals surface area contributed by atoms with Gasteiger partial charge in [-0.15, -0.1) is 0 Å². The van der Waals surface area contributed by atoms with Crippen molar-refractivity contribution in [3.8, 4) is 0 Å². The van der Waals surface area contributed by atoms with Crippen molar-refractivity contribution in [2.45, 2.75) is 96.8 Å². The fourth-order valence-electron chi connectivity index (χ4n) is 5.48. The molecule has 2 unspecified atom stereocenters. The van der Waals surface area contributed by atoms with Crippen molar-refractivity contribution in [1.29, 1.82) is 0 Å². The summed E-state index contributed by atoms with van der Waals surface area (Å²) in [4.78, 5) is 0. The minimum absolute atomic E-state index is 0.0140. The van der Waals surface area contributed by atoms with Crippen molar-refractivity contribution >= 4 is 0 Å². The molecule has 0 N–H and O–H groups in total. The Bertz CT molecular complexity index is 594. The number of benzene rings is 1. The van der Waals surface area contributed by atoms with Gasteiger partial charge in [-0.1, -0.05) is 70.2 Å². The van der Waals surface area contributed by atoms with Crippen LogP contribution in [0.3, 0.4) is 0 Å². The van der Waals surface area contributed by atoms with E-state index in [-0.39, 0.29) is 5.82 Å². The summed E-state index contributed by atoms with van der Waals surface area (Å²) in [6.45, 7) is 4.34. The highest BCUT2D eigenvalue weighted by Crippen LogP contribution is 2.44. The predicted molar refractivity (Wildman–Crippen MR) is 115 cm³/mol. The van der Waals surface area contributed by atoms with Crippen LogP contribution >= 0.6 is 0 Å². The molecule has 0 radical (unpaired) electrons. The molecule has 1 saturated carbocycles. The molecule has 0 saturated heterocycles. The minimum atomic E-state index is 0.0140. The molecule has 0 bridgehead atoms. The molecule has 0 aromatic heterocycles. The van der Waals surface area contributed by atoms with E-state index in [2.05, 4.69) is 25.1 Å². The van der Waals surface area contributed by atoms with E-state index in [9.17, 15) is 4.39 Å². The molecule has 1 aromatic carbocycles. The molecule has 0 nitrogen and oxygen atoms in total. The first-order chi connectivity index (χ1) is 13.2. The maximum atomic E-state index is 14.5. The van der Waals surface area contributed by atoms with Gasteiger partial charge in [-0.2, -0.15) is 0 Å². The summed E-state index contributed by atoms with van der Waals surface area (Å²) < 4.78 is 14.5. The van der Waals surface area contributed by atoms with Crippen molar-refractivity contribution < 1.29 is 4.39 Å². The van der Waals surface area contributed by atoms with E-state index in [4.69, 9.17) is 0 Å². The Hall–Kier alpha value is -1.11. The fraction of sp³-hybridized carbons (Fsp3) is 0.692. The number of halogens is 1. The van der Waals surface area contributed by atoms with E-state index < -0.39 is 0 Å². The van der Waals surface area contributed by atoms with Crippen LogP contribution in [0, 0.1) is 23.6 Å². The monoisotopic (exact) mass is 370 g/mol. The molecular weight excluding hydrogens is 331 g/mol. The second-order valence-electron chi connectivity index (χ2n) is 9.12. The summed E-state index contributed by atoms with van der Waals surface area (Å²) in [5.74, 6) is 3.04. The molecule has 3 rings (SSSR count). The SMILES string of the molecule is CCCCC1CCC(C(CC2CC=CCC2)c2ccc(CC)c(F)c2)CC1. The van der Waals surface area contributed by atoms with E-state index in [1.54, 1.807) is 0 Å². The number of hydrogen-bond donors (Lipinski definition) is 0. The minimum Gasteiger partial charge on any atom is -0.207 e. The van der Waals surface area contributed by atoms with Gasteiger partial charge in [-0.3, -0.25) is 0 Å². The van der Waals surface area contributed by atoms with Gasteiger partial charge in [0.25, 0.3) is 0 Å². The Balaban J connectivity index is 1.72. The van der Waals surface area contributed by atoms with Gasteiger partial charge in [0, 0.05) is 0 Å². The van der Waals surface area contributed by atoms with Gasteiger partial charge < -0.3 is 0 Å². The standard InChI is InChI=1S/C26H39F/c1-3-5-9-20-12-14-23(15-13-20)25(18-21-10-7-6-8-11-21)24-17-16-22(4-2)26(27)19-24/h6-7,16-17,19-21,23,25H,3-5,8-15,18H2,1-2H3. The molecule has 2 aliphatic carbocycles. The predicted octanol–water partition coefficient (Wildman–Crippen LogP) is 8.21. The van der Waals surface area contributed by atoms with Gasteiger partial charge in [-0.25, -0.2) is 4.39 Å². The summed E-state index contributed by atoms with van der Waals surface area (Å²) in [7, 11) is 0. The lowest BCUT2D eigenvalue weighted by Gasteiger charge is -2.36. The fourth-order valence-corrected chi connectivity index (χ4v) is 5.48. The zero-order valence-corrected chi connectivity index (χ0v) is 17.6. The molecule has 2 aliphatic rings. The van der Waals surface area contributed by atoms with Gasteiger partial charge >= 0.3 is 0 Å². The zero-order chi connectivity index (χ0) is 19.1. The first-order valence-electron chi connectivity index (χ1n) is 11.6. The van der Waals surface area contributed by atoms with E-state index >= 15 is 0 Å². The van der Waals surface area contributed by atoms with Crippen molar-refractivity contribution in [1.82, 2.24) is 0 Å². The number of allylic oxidation sites excluding steroid dienone is 2. The highest BCUT2D eigenvalue weighted by Gasteiger charge is 2.30. The smallest absolute Gasteiger partial charge is 0.126 e. The Morgan fingerprint density at radius 1 is 1.00 bits per heavy atom. The maximum absolute atomic E-state index is 14.5. The van der Waals surface area contributed by atoms with Gasteiger partial charge in [0.2, 0.25) is 0 Å². The third-order valence-corrected chi connectivity index (χ3v) is 7.28. The maximum Gasteiger partial charge on any atom is 0.126 e. The lowest BCUT2D eigenvalue weighted by atomic mass is 9.69. The van der Waals surface area contributed by atoms with E-state index in [0.29, 0.717) is 5.92 Å². The lowest BCUT2D eigenvalue weighted by Crippen LogP contribution is -2.23. The van der Waals surface area contributed by atoms with Crippen LogP contribution in [0.15, 0.2) is 30.4 Å². The molecule has 2 atom stereocenters. The summed E-state index contributed by atoms with van der Waals surface area (Å²) in [5, 5.41) is 0. The van der Waals surface area contributed by atoms with Gasteiger partial charge in [0.1, 0.15) is 5.82 Å². The zero-order valence-electron chi connectivity index (χ0n) is 17.6. The van der Waals surface area contributed by atoms with Crippen molar-refractivity contribution in [2.75, 3.05) is 0 Å². The van der Waals surface area contributed by atoms with Crippen LogP contribution in [0.1, 0.15) is 102 Å². The highest BCUT2D eigenvalue weighted by atomic mass is 19.1. The van der Waals surface area contributed by atoms with Crippen LogP contribution < -0.4 is 0 Å². The quantitative estimate of drug-likeness (QED) is 0.404. The van der Waals surface area contributed by atoms with Crippen LogP contribution in [0.4, 0.5) is 4.39 Å². The second-order valence-corrected chi connectivity index (χ2v) is 9.12. The molecule has 150 valence electrons. The molecule has 1 aromatic rings. The summed E-state index contributed by atoms with van der Waals surface area (Å²) >= 11 is 0. The van der Waals surface area contributed by atoms with Gasteiger partial charge in [0.05, 0.1) is 0 Å². The summed E-state index contributed by atoms with van der Waals surface area (Å²) in [6.07, 6.45) is 20.1. The molecule has 0 spiro atoms.